The molecule has 3 unspecified atom stereocenters. The molecule has 0 amide bonds. The summed E-state index contributed by atoms with van der Waals surface area (Å²) in [4.78, 5) is 18.9. The second-order valence-electron chi connectivity index (χ2n) is 7.27. The van der Waals surface area contributed by atoms with Gasteiger partial charge in [-0.25, -0.2) is 0 Å². The Morgan fingerprint density at radius 3 is 1.11 bits per heavy atom. The molecule has 10 N–H and O–H groups in total. The van der Waals surface area contributed by atoms with Crippen LogP contribution in [0.15, 0.2) is 0 Å². The number of hydrogen-bond donors (Lipinski definition) is 7. The monoisotopic (exact) mass is 407 g/mol. The Balaban J connectivity index is 2.86. The fourth-order valence-electron chi connectivity index (χ4n) is 3.27. The van der Waals surface area contributed by atoms with Gasteiger partial charge in [-0.15, -0.1) is 0 Å². The minimum Gasteiger partial charge on any atom is -0.480 e. The molecule has 12 nitrogen and oxygen atoms in total. The van der Waals surface area contributed by atoms with E-state index in [9.17, 15) is 20.1 Å². The van der Waals surface area contributed by atoms with Crippen molar-refractivity contribution >= 4 is 5.97 Å². The van der Waals surface area contributed by atoms with E-state index in [-0.39, 0.29) is 19.6 Å². The molecule has 0 radical (unpaired) electrons. The van der Waals surface area contributed by atoms with Crippen molar-refractivity contribution in [1.29, 1.82) is 0 Å². The van der Waals surface area contributed by atoms with Crippen LogP contribution >= 0.6 is 0 Å². The van der Waals surface area contributed by atoms with Crippen LogP contribution in [-0.4, -0.2) is 143 Å². The molecule has 1 heterocycles. The predicted octanol–water partition coefficient (Wildman–Crippen LogP) is -4.88. The van der Waals surface area contributed by atoms with Gasteiger partial charge in [-0.05, 0) is 0 Å². The third kappa shape index (κ3) is 11.8. The highest BCUT2D eigenvalue weighted by Crippen LogP contribution is 2.02. The van der Waals surface area contributed by atoms with Crippen LogP contribution in [0.1, 0.15) is 0 Å². The average Bonchev–Trinajstić information content (AvgIpc) is 2.55. The van der Waals surface area contributed by atoms with Crippen molar-refractivity contribution in [2.75, 3.05) is 78.5 Å². The zero-order valence-corrected chi connectivity index (χ0v) is 16.4. The fraction of sp³-hybridized carbons (Fsp3) is 0.938. The number of aliphatic hydroxyl groups is 3. The summed E-state index contributed by atoms with van der Waals surface area (Å²) in [5.74, 6) is -0.911. The third-order valence-corrected chi connectivity index (χ3v) is 4.62. The summed E-state index contributed by atoms with van der Waals surface area (Å²) in [6.45, 7) is 5.18. The molecule has 1 fully saturated rings. The average molecular weight is 408 g/mol. The molecule has 0 saturated carbocycles. The number of rotatable bonds is 8. The molecule has 0 spiro atoms. The summed E-state index contributed by atoms with van der Waals surface area (Å²) < 4.78 is 0. The molecule has 1 saturated heterocycles. The van der Waals surface area contributed by atoms with E-state index in [0.717, 1.165) is 0 Å². The Morgan fingerprint density at radius 2 is 0.893 bits per heavy atom. The zero-order chi connectivity index (χ0) is 21.1. The van der Waals surface area contributed by atoms with E-state index in [0.29, 0.717) is 58.9 Å². The summed E-state index contributed by atoms with van der Waals surface area (Å²) in [6, 6.07) is 0. The van der Waals surface area contributed by atoms with Gasteiger partial charge in [-0.1, -0.05) is 0 Å². The molecule has 0 aromatic heterocycles. The molecule has 0 aromatic carbocycles. The van der Waals surface area contributed by atoms with Crippen molar-refractivity contribution < 1.29 is 25.2 Å². The second kappa shape index (κ2) is 13.3. The van der Waals surface area contributed by atoms with E-state index in [1.54, 1.807) is 0 Å². The van der Waals surface area contributed by atoms with Crippen molar-refractivity contribution in [3.05, 3.63) is 0 Å². The normalized spacial score (nSPS) is 23.5. The zero-order valence-electron chi connectivity index (χ0n) is 16.4. The number of carboxylic acids is 1. The lowest BCUT2D eigenvalue weighted by atomic mass is 10.3. The smallest absolute Gasteiger partial charge is 0.317 e. The van der Waals surface area contributed by atoms with Crippen LogP contribution < -0.4 is 17.2 Å². The lowest BCUT2D eigenvalue weighted by molar-refractivity contribution is -0.138. The summed E-state index contributed by atoms with van der Waals surface area (Å²) >= 11 is 0. The summed E-state index contributed by atoms with van der Waals surface area (Å²) in [6.07, 6.45) is -2.95. The molecular weight excluding hydrogens is 370 g/mol. The van der Waals surface area contributed by atoms with Gasteiger partial charge in [0.1, 0.15) is 18.7 Å². The van der Waals surface area contributed by atoms with Crippen molar-refractivity contribution in [2.45, 2.75) is 18.7 Å². The molecule has 0 aromatic rings. The van der Waals surface area contributed by atoms with Crippen molar-refractivity contribution in [3.63, 3.8) is 0 Å². The topological polar surface area (TPSA) is 189 Å². The highest BCUT2D eigenvalue weighted by molar-refractivity contribution is 5.69. The number of carboxylic acid groups (broad SMARTS) is 1. The molecule has 0 bridgehead atoms. The Labute approximate surface area is 166 Å². The van der Waals surface area contributed by atoms with E-state index >= 15 is 0 Å². The van der Waals surface area contributed by atoms with Crippen molar-refractivity contribution in [3.8, 4) is 0 Å². The first kappa shape index (κ1) is 25.1. The summed E-state index contributed by atoms with van der Waals surface area (Å²) in [7, 11) is 0. The van der Waals surface area contributed by atoms with E-state index in [1.165, 1.54) is 0 Å². The first-order valence-electron chi connectivity index (χ1n) is 9.58. The van der Waals surface area contributed by atoms with Crippen LogP contribution in [0.3, 0.4) is 0 Å². The van der Waals surface area contributed by atoms with Crippen LogP contribution in [0.25, 0.3) is 0 Å². The number of carbonyl (C=O) groups is 1. The number of aliphatic carboxylic acids is 1. The van der Waals surface area contributed by atoms with Gasteiger partial charge in [-0.2, -0.15) is 0 Å². The van der Waals surface area contributed by atoms with E-state index in [1.807, 2.05) is 19.6 Å². The van der Waals surface area contributed by atoms with Gasteiger partial charge < -0.3 is 37.6 Å². The Kier molecular flexibility index (Phi) is 11.9. The van der Waals surface area contributed by atoms with Crippen LogP contribution in [0.2, 0.25) is 0 Å². The molecule has 12 heteroatoms. The standard InChI is InChI=1S/C16H37N7O5/c17-13(24)9-20-1-3-21(10-14(18)25)5-7-23(12-16(27)28)8-6-22(4-2-20)11-15(19)26/h13-15,24-26H,1-12,17-19H2,(H,27,28). The SMILES string of the molecule is NC(O)CN1CCN(CC(=O)O)CCN(CC(N)O)CCN(CC(N)O)CC1. The second-order valence-corrected chi connectivity index (χ2v) is 7.27. The van der Waals surface area contributed by atoms with Gasteiger partial charge in [0.15, 0.2) is 0 Å². The van der Waals surface area contributed by atoms with Crippen molar-refractivity contribution in [2.24, 2.45) is 17.2 Å². The van der Waals surface area contributed by atoms with Crippen LogP contribution in [0.5, 0.6) is 0 Å². The molecular formula is C16H37N7O5. The summed E-state index contributed by atoms with van der Waals surface area (Å²) in [5, 5.41) is 37.8. The first-order valence-corrected chi connectivity index (χ1v) is 9.58. The number of nitrogens with two attached hydrogens (primary N) is 3. The van der Waals surface area contributed by atoms with E-state index < -0.39 is 24.7 Å². The van der Waals surface area contributed by atoms with Gasteiger partial charge >= 0.3 is 5.97 Å². The fourth-order valence-corrected chi connectivity index (χ4v) is 3.27. The number of β-amino-alcohol motifs (C(OH)–C–C–N with tert-alkyl or cyclic N) is 3. The molecule has 3 atom stereocenters. The van der Waals surface area contributed by atoms with E-state index in [2.05, 4.69) is 0 Å². The van der Waals surface area contributed by atoms with Crippen LogP contribution in [0.4, 0.5) is 0 Å². The van der Waals surface area contributed by atoms with Gasteiger partial charge in [0.05, 0.1) is 6.54 Å². The Hall–Kier alpha value is -0.930. The molecule has 166 valence electrons. The number of hydrogen-bond acceptors (Lipinski definition) is 11. The number of nitrogens with zero attached hydrogens (tertiary/aromatic N) is 4. The molecule has 1 aliphatic rings. The lowest BCUT2D eigenvalue weighted by Crippen LogP contribution is -2.51. The molecule has 1 aliphatic heterocycles. The minimum absolute atomic E-state index is 0.0937. The third-order valence-electron chi connectivity index (χ3n) is 4.62. The van der Waals surface area contributed by atoms with Gasteiger partial charge in [-0.3, -0.25) is 24.4 Å². The van der Waals surface area contributed by atoms with Crippen LogP contribution in [0, 0.1) is 0 Å². The highest BCUT2D eigenvalue weighted by Gasteiger charge is 2.19. The molecule has 1 rings (SSSR count). The first-order chi connectivity index (χ1) is 13.2. The maximum absolute atomic E-state index is 11.2. The largest absolute Gasteiger partial charge is 0.480 e. The quantitative estimate of drug-likeness (QED) is 0.190. The van der Waals surface area contributed by atoms with Crippen LogP contribution in [-0.2, 0) is 4.79 Å². The van der Waals surface area contributed by atoms with Crippen molar-refractivity contribution in [1.82, 2.24) is 19.6 Å². The Morgan fingerprint density at radius 1 is 0.643 bits per heavy atom. The van der Waals surface area contributed by atoms with Gasteiger partial charge in [0.25, 0.3) is 0 Å². The lowest BCUT2D eigenvalue weighted by Gasteiger charge is -2.34. The van der Waals surface area contributed by atoms with E-state index in [4.69, 9.17) is 22.3 Å². The highest BCUT2D eigenvalue weighted by atomic mass is 16.4. The maximum Gasteiger partial charge on any atom is 0.317 e. The minimum atomic E-state index is -0.990. The molecule has 0 aliphatic carbocycles. The predicted molar refractivity (Wildman–Crippen MR) is 104 cm³/mol. The maximum atomic E-state index is 11.2. The molecule has 28 heavy (non-hydrogen) atoms. The summed E-state index contributed by atoms with van der Waals surface area (Å²) in [5.41, 5.74) is 16.6. The van der Waals surface area contributed by atoms with Gasteiger partial charge in [0, 0.05) is 72.0 Å². The van der Waals surface area contributed by atoms with Gasteiger partial charge in [0.2, 0.25) is 0 Å². The Bertz CT molecular complexity index is 416. The number of aliphatic hydroxyl groups excluding tert-OH is 3.